The van der Waals surface area contributed by atoms with E-state index in [-0.39, 0.29) is 35.2 Å². The van der Waals surface area contributed by atoms with Crippen molar-refractivity contribution in [2.45, 2.75) is 0 Å². The Morgan fingerprint density at radius 1 is 1.17 bits per heavy atom. The third kappa shape index (κ3) is 41.1. The second kappa shape index (κ2) is 9.93. The predicted molar refractivity (Wildman–Crippen MR) is 30.4 cm³/mol. The van der Waals surface area contributed by atoms with Gasteiger partial charge in [0.05, 0.1) is 0 Å². The summed E-state index contributed by atoms with van der Waals surface area (Å²) in [7, 11) is -1.31. The molecule has 0 aliphatic heterocycles. The average molecular weight is 247 g/mol. The Labute approximate surface area is 60.9 Å². The van der Waals surface area contributed by atoms with Crippen LogP contribution in [0, 0.1) is 0 Å². The molecule has 0 aliphatic rings. The Hall–Kier alpha value is 1.81. The fourth-order valence-electron chi connectivity index (χ4n) is 0. The second-order valence-electron chi connectivity index (χ2n) is 0.259. The van der Waals surface area contributed by atoms with Crippen molar-refractivity contribution in [2.24, 2.45) is 0 Å². The largest absolute Gasteiger partial charge is 0.281 e. The van der Waals surface area contributed by atoms with E-state index < -0.39 is 8.23 Å². The molecule has 34 valence electrons. The molecule has 0 heterocycles. The molecular formula is H2F2Ge2P2. The summed E-state index contributed by atoms with van der Waals surface area (Å²) in [4.78, 5) is 0. The molecule has 0 amide bonds. The molecule has 0 aromatic rings. The molecule has 0 saturated carbocycles. The Kier molecular flexibility index (Phi) is 25.9. The molecule has 0 N–H and O–H groups in total. The average Bonchev–Trinajstić information content (AvgIpc) is 0.811. The maximum absolute atomic E-state index is 10.4. The van der Waals surface area contributed by atoms with Crippen LogP contribution in [0.1, 0.15) is 0 Å². The van der Waals surface area contributed by atoms with Crippen LogP contribution >= 0.6 is 17.2 Å². The SMILES string of the molecule is FP(F)P.[Ge].[Ge]. The first-order valence-corrected chi connectivity index (χ1v) is 3.34. The molecule has 6 heteroatoms. The van der Waals surface area contributed by atoms with Gasteiger partial charge in [0.15, 0.2) is 0 Å². The molecular weight excluding hydrogens is 245 g/mol. The van der Waals surface area contributed by atoms with E-state index in [1.165, 1.54) is 8.93 Å². The van der Waals surface area contributed by atoms with Crippen LogP contribution in [0.2, 0.25) is 0 Å². The van der Waals surface area contributed by atoms with Crippen molar-refractivity contribution in [2.75, 3.05) is 0 Å². The Morgan fingerprint density at radius 3 is 1.17 bits per heavy atom. The van der Waals surface area contributed by atoms with Gasteiger partial charge in [-0.1, -0.05) is 0 Å². The first kappa shape index (κ1) is 15.7. The summed E-state index contributed by atoms with van der Waals surface area (Å²) >= 11 is 0. The van der Waals surface area contributed by atoms with Crippen LogP contribution in [0.3, 0.4) is 0 Å². The van der Waals surface area contributed by atoms with E-state index >= 15 is 0 Å². The van der Waals surface area contributed by atoms with Gasteiger partial charge in [0.25, 0.3) is 8.23 Å². The minimum Gasteiger partial charge on any atom is -0.184 e. The number of halogens is 2. The van der Waals surface area contributed by atoms with Crippen LogP contribution in [0.5, 0.6) is 0 Å². The van der Waals surface area contributed by atoms with Gasteiger partial charge in [-0.15, -0.1) is 0 Å². The zero-order valence-corrected chi connectivity index (χ0v) is 9.03. The summed E-state index contributed by atoms with van der Waals surface area (Å²) < 4.78 is 20.7. The maximum atomic E-state index is 10.4. The zero-order chi connectivity index (χ0) is 3.58. The normalized spacial score (nSPS) is 6.00. The monoisotopic (exact) mass is 250 g/mol. The summed E-state index contributed by atoms with van der Waals surface area (Å²) in [5, 5.41) is 0. The maximum Gasteiger partial charge on any atom is 0.281 e. The van der Waals surface area contributed by atoms with Gasteiger partial charge in [0.1, 0.15) is 0 Å². The van der Waals surface area contributed by atoms with E-state index in [1.807, 2.05) is 0 Å². The van der Waals surface area contributed by atoms with Gasteiger partial charge in [0, 0.05) is 35.2 Å². The standard InChI is InChI=1S/F2H2P2.2Ge/c1-4(2)3;;/h3H2;;. The van der Waals surface area contributed by atoms with Crippen LogP contribution in [0.4, 0.5) is 8.39 Å². The van der Waals surface area contributed by atoms with Crippen molar-refractivity contribution >= 4 is 52.4 Å². The van der Waals surface area contributed by atoms with E-state index in [4.69, 9.17) is 0 Å². The van der Waals surface area contributed by atoms with Crippen molar-refractivity contribution < 1.29 is 8.39 Å². The van der Waals surface area contributed by atoms with Crippen molar-refractivity contribution in [3.05, 3.63) is 0 Å². The number of hydrogen-bond donors (Lipinski definition) is 0. The minimum atomic E-state index is -2.70. The summed E-state index contributed by atoms with van der Waals surface area (Å²) in [6.07, 6.45) is 0. The van der Waals surface area contributed by atoms with Crippen LogP contribution < -0.4 is 0 Å². The fourth-order valence-corrected chi connectivity index (χ4v) is 0. The van der Waals surface area contributed by atoms with Gasteiger partial charge >= 0.3 is 0 Å². The Balaban J connectivity index is -0.0000000450. The van der Waals surface area contributed by atoms with E-state index in [0.29, 0.717) is 0 Å². The second-order valence-corrected chi connectivity index (χ2v) is 1.95. The van der Waals surface area contributed by atoms with E-state index in [9.17, 15) is 8.39 Å². The molecule has 0 saturated heterocycles. The molecule has 0 aromatic heterocycles. The van der Waals surface area contributed by atoms with Gasteiger partial charge in [-0.2, -0.15) is 8.39 Å². The van der Waals surface area contributed by atoms with Crippen molar-refractivity contribution in [1.29, 1.82) is 0 Å². The van der Waals surface area contributed by atoms with Crippen LogP contribution in [-0.2, 0) is 0 Å². The summed E-state index contributed by atoms with van der Waals surface area (Å²) in [6, 6.07) is 0. The number of rotatable bonds is 0. The Bertz CT molecular complexity index is 14.3. The third-order valence-corrected chi connectivity index (χ3v) is 0. The van der Waals surface area contributed by atoms with Gasteiger partial charge in [-0.05, 0) is 8.93 Å². The predicted octanol–water partition coefficient (Wildman–Crippen LogP) is 1.27. The molecule has 0 aromatic carbocycles. The van der Waals surface area contributed by atoms with Gasteiger partial charge in [0.2, 0.25) is 0 Å². The van der Waals surface area contributed by atoms with E-state index in [2.05, 4.69) is 0 Å². The summed E-state index contributed by atoms with van der Waals surface area (Å²) in [5.74, 6) is 0. The molecule has 1 atom stereocenters. The van der Waals surface area contributed by atoms with Crippen LogP contribution in [0.25, 0.3) is 0 Å². The molecule has 6 heavy (non-hydrogen) atoms. The molecule has 0 rings (SSSR count). The van der Waals surface area contributed by atoms with Gasteiger partial charge in [-0.25, -0.2) is 0 Å². The van der Waals surface area contributed by atoms with Crippen molar-refractivity contribution in [1.82, 2.24) is 0 Å². The molecule has 0 aliphatic carbocycles. The summed E-state index contributed by atoms with van der Waals surface area (Å²) in [5.41, 5.74) is 0. The van der Waals surface area contributed by atoms with Crippen LogP contribution in [-0.4, -0.2) is 35.2 Å². The smallest absolute Gasteiger partial charge is 0.184 e. The molecule has 8 radical (unpaired) electrons. The van der Waals surface area contributed by atoms with Crippen LogP contribution in [0.15, 0.2) is 0 Å². The fraction of sp³-hybridized carbons (Fsp3) is 0. The topological polar surface area (TPSA) is 0 Å². The molecule has 1 unspecified atom stereocenters. The van der Waals surface area contributed by atoms with Gasteiger partial charge < -0.3 is 0 Å². The molecule has 0 nitrogen and oxygen atoms in total. The molecule has 0 spiro atoms. The van der Waals surface area contributed by atoms with E-state index in [1.54, 1.807) is 0 Å². The summed E-state index contributed by atoms with van der Waals surface area (Å²) in [6.45, 7) is 0. The molecule has 0 fully saturated rings. The zero-order valence-electron chi connectivity index (χ0n) is 2.78. The van der Waals surface area contributed by atoms with Gasteiger partial charge in [-0.3, -0.25) is 0 Å². The van der Waals surface area contributed by atoms with Crippen molar-refractivity contribution in [3.8, 4) is 0 Å². The quantitative estimate of drug-likeness (QED) is 0.446. The minimum absolute atomic E-state index is 0. The van der Waals surface area contributed by atoms with E-state index in [0.717, 1.165) is 0 Å². The van der Waals surface area contributed by atoms with Crippen molar-refractivity contribution in [3.63, 3.8) is 0 Å². The third-order valence-electron chi connectivity index (χ3n) is 0. The first-order valence-electron chi connectivity index (χ1n) is 0.596. The number of hydrogen-bond acceptors (Lipinski definition) is 0. The molecule has 0 bridgehead atoms. The Morgan fingerprint density at radius 2 is 1.17 bits per heavy atom. The first-order chi connectivity index (χ1) is 1.73.